The molecule has 0 amide bonds. The largest absolute Gasteiger partial charge is 0.292 e. The molecule has 0 radical (unpaired) electrons. The second kappa shape index (κ2) is 6.61. The Hall–Kier alpha value is -0.490. The molecule has 0 N–H and O–H groups in total. The predicted octanol–water partition coefficient (Wildman–Crippen LogP) is 4.28. The molecule has 0 bridgehead atoms. The zero-order chi connectivity index (χ0) is 13.0. The molecule has 96 valence electrons. The second-order valence-corrected chi connectivity index (χ2v) is 6.71. The van der Waals surface area contributed by atoms with Gasteiger partial charge >= 0.3 is 0 Å². The van der Waals surface area contributed by atoms with Gasteiger partial charge in [0.2, 0.25) is 0 Å². The molecule has 0 aliphatic carbocycles. The fourth-order valence-electron chi connectivity index (χ4n) is 1.67. The van der Waals surface area contributed by atoms with Crippen molar-refractivity contribution >= 4 is 44.4 Å². The van der Waals surface area contributed by atoms with Gasteiger partial charge in [0, 0.05) is 15.9 Å². The number of hydrogen-bond acceptors (Lipinski definition) is 4. The molecule has 0 fully saturated rings. The lowest BCUT2D eigenvalue weighted by molar-refractivity contribution is 0.0933. The molecule has 0 saturated carbocycles. The highest BCUT2D eigenvalue weighted by molar-refractivity contribution is 9.10. The molecule has 2 heterocycles. The minimum Gasteiger partial charge on any atom is -0.292 e. The zero-order valence-corrected chi connectivity index (χ0v) is 13.3. The van der Waals surface area contributed by atoms with Gasteiger partial charge in [0.05, 0.1) is 11.4 Å². The molecular weight excluding hydrogens is 330 g/mol. The predicted molar refractivity (Wildman–Crippen MR) is 81.6 cm³/mol. The highest BCUT2D eigenvalue weighted by Gasteiger charge is 2.15. The van der Waals surface area contributed by atoms with Gasteiger partial charge in [0.15, 0.2) is 5.78 Å². The smallest absolute Gasteiger partial charge is 0.187 e. The summed E-state index contributed by atoms with van der Waals surface area (Å²) in [5.74, 6) is 0.190. The Balaban J connectivity index is 1.98. The number of likely N-dealkylation sites (N-methyl/N-ethyl adjacent to an activating group) is 1. The number of Topliss-reactive ketones (excluding diaryl/α,β-unsaturated/α-hetero) is 1. The van der Waals surface area contributed by atoms with E-state index >= 15 is 0 Å². The van der Waals surface area contributed by atoms with Crippen LogP contribution in [0.15, 0.2) is 33.4 Å². The number of halogens is 1. The van der Waals surface area contributed by atoms with Crippen LogP contribution in [-0.4, -0.2) is 23.8 Å². The van der Waals surface area contributed by atoms with Crippen LogP contribution in [0.1, 0.15) is 21.5 Å². The Morgan fingerprint density at radius 3 is 2.72 bits per heavy atom. The molecule has 2 nitrogen and oxygen atoms in total. The van der Waals surface area contributed by atoms with Crippen molar-refractivity contribution in [2.45, 2.75) is 13.5 Å². The fraction of sp³-hybridized carbons (Fsp3) is 0.308. The minimum atomic E-state index is 0.190. The first-order valence-corrected chi connectivity index (χ1v) is 8.27. The van der Waals surface area contributed by atoms with Gasteiger partial charge in [-0.25, -0.2) is 0 Å². The van der Waals surface area contributed by atoms with Crippen molar-refractivity contribution in [1.29, 1.82) is 0 Å². The van der Waals surface area contributed by atoms with E-state index in [0.29, 0.717) is 6.54 Å². The lowest BCUT2D eigenvalue weighted by Gasteiger charge is -2.18. The highest BCUT2D eigenvalue weighted by atomic mass is 79.9. The summed E-state index contributed by atoms with van der Waals surface area (Å²) in [6, 6.07) is 6.08. The lowest BCUT2D eigenvalue weighted by Crippen LogP contribution is -2.28. The van der Waals surface area contributed by atoms with Gasteiger partial charge < -0.3 is 0 Å². The van der Waals surface area contributed by atoms with Gasteiger partial charge in [-0.15, -0.1) is 22.7 Å². The van der Waals surface area contributed by atoms with E-state index in [0.717, 1.165) is 22.4 Å². The van der Waals surface area contributed by atoms with E-state index < -0.39 is 0 Å². The maximum Gasteiger partial charge on any atom is 0.187 e. The number of ketones is 1. The third kappa shape index (κ3) is 3.51. The molecule has 0 spiro atoms. The van der Waals surface area contributed by atoms with Crippen molar-refractivity contribution in [2.24, 2.45) is 0 Å². The molecule has 5 heteroatoms. The van der Waals surface area contributed by atoms with Crippen LogP contribution in [0.3, 0.4) is 0 Å². The topological polar surface area (TPSA) is 20.3 Å². The number of rotatable bonds is 6. The Bertz CT molecular complexity index is 507. The second-order valence-electron chi connectivity index (χ2n) is 3.90. The quantitative estimate of drug-likeness (QED) is 0.729. The summed E-state index contributed by atoms with van der Waals surface area (Å²) in [5.41, 5.74) is 0. The van der Waals surface area contributed by atoms with E-state index in [4.69, 9.17) is 0 Å². The van der Waals surface area contributed by atoms with Gasteiger partial charge in [0.1, 0.15) is 0 Å². The van der Waals surface area contributed by atoms with Crippen LogP contribution in [-0.2, 0) is 6.54 Å². The first kappa shape index (κ1) is 13.9. The maximum absolute atomic E-state index is 12.2. The van der Waals surface area contributed by atoms with Gasteiger partial charge in [-0.2, -0.15) is 0 Å². The number of nitrogens with zero attached hydrogens (tertiary/aromatic N) is 1. The van der Waals surface area contributed by atoms with E-state index in [9.17, 15) is 4.79 Å². The van der Waals surface area contributed by atoms with E-state index in [2.05, 4.69) is 39.2 Å². The Morgan fingerprint density at radius 1 is 1.33 bits per heavy atom. The minimum absolute atomic E-state index is 0.190. The number of carbonyl (C=O) groups is 1. The Labute approximate surface area is 123 Å². The molecule has 0 atom stereocenters. The van der Waals surface area contributed by atoms with Crippen molar-refractivity contribution < 1.29 is 4.79 Å². The van der Waals surface area contributed by atoms with Crippen LogP contribution in [0.5, 0.6) is 0 Å². The van der Waals surface area contributed by atoms with Crippen LogP contribution in [0.2, 0.25) is 0 Å². The maximum atomic E-state index is 12.2. The first-order chi connectivity index (χ1) is 8.70. The van der Waals surface area contributed by atoms with E-state index in [-0.39, 0.29) is 5.78 Å². The van der Waals surface area contributed by atoms with Crippen molar-refractivity contribution in [1.82, 2.24) is 4.90 Å². The third-order valence-electron chi connectivity index (χ3n) is 2.64. The van der Waals surface area contributed by atoms with Crippen molar-refractivity contribution in [2.75, 3.05) is 13.1 Å². The Morgan fingerprint density at radius 2 is 2.17 bits per heavy atom. The number of thiophene rings is 2. The highest BCUT2D eigenvalue weighted by Crippen LogP contribution is 2.23. The molecule has 0 aromatic carbocycles. The Kier molecular flexibility index (Phi) is 5.12. The number of hydrogen-bond donors (Lipinski definition) is 0. The third-order valence-corrected chi connectivity index (χ3v) is 5.38. The lowest BCUT2D eigenvalue weighted by atomic mass is 10.3. The van der Waals surface area contributed by atoms with Crippen molar-refractivity contribution in [3.63, 3.8) is 0 Å². The molecular formula is C13H14BrNOS2. The van der Waals surface area contributed by atoms with Crippen LogP contribution in [0.4, 0.5) is 0 Å². The van der Waals surface area contributed by atoms with Crippen LogP contribution < -0.4 is 0 Å². The molecule has 0 aliphatic heterocycles. The molecule has 2 aromatic heterocycles. The van der Waals surface area contributed by atoms with E-state index in [1.165, 1.54) is 16.2 Å². The van der Waals surface area contributed by atoms with Crippen molar-refractivity contribution in [3.05, 3.63) is 43.2 Å². The standard InChI is InChI=1S/C13H14BrNOS2/c1-2-15(8-10-4-3-6-17-10)9-12(16)13-11(14)5-7-18-13/h3-7H,2,8-9H2,1H3. The summed E-state index contributed by atoms with van der Waals surface area (Å²) in [6.07, 6.45) is 0. The zero-order valence-electron chi connectivity index (χ0n) is 10.1. The summed E-state index contributed by atoms with van der Waals surface area (Å²) in [7, 11) is 0. The number of carbonyl (C=O) groups excluding carboxylic acids is 1. The van der Waals surface area contributed by atoms with Crippen LogP contribution in [0.25, 0.3) is 0 Å². The molecule has 0 saturated heterocycles. The molecule has 0 unspecified atom stereocenters. The van der Waals surface area contributed by atoms with E-state index in [1.807, 2.05) is 17.5 Å². The summed E-state index contributed by atoms with van der Waals surface area (Å²) < 4.78 is 0.907. The monoisotopic (exact) mass is 343 g/mol. The van der Waals surface area contributed by atoms with E-state index in [1.54, 1.807) is 11.3 Å². The normalized spacial score (nSPS) is 11.1. The van der Waals surface area contributed by atoms with Crippen LogP contribution in [0, 0.1) is 0 Å². The van der Waals surface area contributed by atoms with Gasteiger partial charge in [-0.05, 0) is 45.4 Å². The first-order valence-electron chi connectivity index (χ1n) is 5.71. The average Bonchev–Trinajstić information content (AvgIpc) is 2.99. The van der Waals surface area contributed by atoms with Crippen molar-refractivity contribution in [3.8, 4) is 0 Å². The summed E-state index contributed by atoms with van der Waals surface area (Å²) in [4.78, 5) is 16.5. The molecule has 2 aromatic rings. The fourth-order valence-corrected chi connectivity index (χ4v) is 3.94. The SMILES string of the molecule is CCN(CC(=O)c1sccc1Br)Cc1cccs1. The van der Waals surface area contributed by atoms with Gasteiger partial charge in [0.25, 0.3) is 0 Å². The summed E-state index contributed by atoms with van der Waals surface area (Å²) >= 11 is 6.64. The molecule has 0 aliphatic rings. The summed E-state index contributed by atoms with van der Waals surface area (Å²) in [6.45, 7) is 4.30. The van der Waals surface area contributed by atoms with Gasteiger partial charge in [-0.3, -0.25) is 9.69 Å². The molecule has 2 rings (SSSR count). The van der Waals surface area contributed by atoms with Gasteiger partial charge in [-0.1, -0.05) is 13.0 Å². The van der Waals surface area contributed by atoms with Crippen LogP contribution >= 0.6 is 38.6 Å². The molecule has 18 heavy (non-hydrogen) atoms. The summed E-state index contributed by atoms with van der Waals surface area (Å²) in [5, 5.41) is 4.01. The average molecular weight is 344 g/mol.